The SMILES string of the molecule is Cc1cc(=O)oc2cc(OCC(=O)N/N=C\c3ccc(N4CCCCC4)cc3)ccc12. The predicted octanol–water partition coefficient (Wildman–Crippen LogP) is 3.62. The summed E-state index contributed by atoms with van der Waals surface area (Å²) in [6.07, 6.45) is 5.39. The van der Waals surface area contributed by atoms with E-state index < -0.39 is 5.63 Å². The number of carbonyl (C=O) groups is 1. The Balaban J connectivity index is 1.28. The molecule has 160 valence electrons. The van der Waals surface area contributed by atoms with Gasteiger partial charge < -0.3 is 14.1 Å². The molecule has 2 aromatic carbocycles. The summed E-state index contributed by atoms with van der Waals surface area (Å²) in [7, 11) is 0. The molecule has 7 heteroatoms. The second-order valence-electron chi connectivity index (χ2n) is 7.63. The minimum absolute atomic E-state index is 0.202. The van der Waals surface area contributed by atoms with Crippen molar-refractivity contribution in [2.45, 2.75) is 26.2 Å². The average molecular weight is 419 g/mol. The van der Waals surface area contributed by atoms with Crippen LogP contribution < -0.4 is 20.7 Å². The lowest BCUT2D eigenvalue weighted by atomic mass is 10.1. The second kappa shape index (κ2) is 9.47. The van der Waals surface area contributed by atoms with Gasteiger partial charge in [0.2, 0.25) is 0 Å². The topological polar surface area (TPSA) is 84.1 Å². The van der Waals surface area contributed by atoms with Gasteiger partial charge in [0.15, 0.2) is 6.61 Å². The highest BCUT2D eigenvalue weighted by molar-refractivity contribution is 5.84. The van der Waals surface area contributed by atoms with Crippen LogP contribution in [0.2, 0.25) is 0 Å². The maximum Gasteiger partial charge on any atom is 0.336 e. The standard InChI is InChI=1S/C24H25N3O4/c1-17-13-24(29)31-22-14-20(9-10-21(17)22)30-16-23(28)26-25-15-18-5-7-19(8-6-18)27-11-3-2-4-12-27/h5-10,13-15H,2-4,11-12,16H2,1H3,(H,26,28)/b25-15-. The van der Waals surface area contributed by atoms with E-state index in [0.29, 0.717) is 11.3 Å². The Hall–Kier alpha value is -3.61. The Morgan fingerprint density at radius 1 is 1.13 bits per heavy atom. The molecule has 0 radical (unpaired) electrons. The smallest absolute Gasteiger partial charge is 0.336 e. The highest BCUT2D eigenvalue weighted by atomic mass is 16.5. The van der Waals surface area contributed by atoms with E-state index in [2.05, 4.69) is 27.6 Å². The monoisotopic (exact) mass is 419 g/mol. The molecule has 0 aliphatic carbocycles. The van der Waals surface area contributed by atoms with Crippen molar-refractivity contribution < 1.29 is 13.9 Å². The number of carbonyl (C=O) groups excluding carboxylic acids is 1. The van der Waals surface area contributed by atoms with Gasteiger partial charge in [0, 0.05) is 36.3 Å². The van der Waals surface area contributed by atoms with Gasteiger partial charge in [-0.15, -0.1) is 0 Å². The number of hydrogen-bond donors (Lipinski definition) is 1. The summed E-state index contributed by atoms with van der Waals surface area (Å²) in [6, 6.07) is 14.7. The molecule has 7 nitrogen and oxygen atoms in total. The van der Waals surface area contributed by atoms with Gasteiger partial charge in [-0.2, -0.15) is 5.10 Å². The lowest BCUT2D eigenvalue weighted by molar-refractivity contribution is -0.123. The highest BCUT2D eigenvalue weighted by Crippen LogP contribution is 2.22. The Morgan fingerprint density at radius 2 is 1.90 bits per heavy atom. The van der Waals surface area contributed by atoms with Gasteiger partial charge >= 0.3 is 5.63 Å². The van der Waals surface area contributed by atoms with E-state index in [1.54, 1.807) is 24.4 Å². The molecular formula is C24H25N3O4. The first kappa shape index (κ1) is 20.7. The molecule has 0 bridgehead atoms. The molecule has 1 fully saturated rings. The Labute approximate surface area is 180 Å². The molecule has 3 aromatic rings. The molecule has 1 aromatic heterocycles. The number of aryl methyl sites for hydroxylation is 1. The van der Waals surface area contributed by atoms with Gasteiger partial charge in [0.1, 0.15) is 11.3 Å². The number of rotatable bonds is 6. The fourth-order valence-electron chi connectivity index (χ4n) is 3.68. The number of anilines is 1. The van der Waals surface area contributed by atoms with Gasteiger partial charge in [-0.3, -0.25) is 4.79 Å². The fourth-order valence-corrected chi connectivity index (χ4v) is 3.68. The van der Waals surface area contributed by atoms with Crippen molar-refractivity contribution in [1.82, 2.24) is 5.43 Å². The Bertz CT molecular complexity index is 1150. The zero-order valence-electron chi connectivity index (χ0n) is 17.5. The van der Waals surface area contributed by atoms with Gasteiger partial charge in [-0.25, -0.2) is 10.2 Å². The van der Waals surface area contributed by atoms with Crippen LogP contribution >= 0.6 is 0 Å². The molecule has 0 saturated carbocycles. The van der Waals surface area contributed by atoms with E-state index in [-0.39, 0.29) is 12.5 Å². The molecule has 31 heavy (non-hydrogen) atoms. The zero-order chi connectivity index (χ0) is 21.6. The third-order valence-corrected chi connectivity index (χ3v) is 5.31. The maximum absolute atomic E-state index is 12.0. The Kier molecular flexibility index (Phi) is 6.31. The molecule has 0 atom stereocenters. The molecule has 1 saturated heterocycles. The summed E-state index contributed by atoms with van der Waals surface area (Å²) < 4.78 is 10.7. The normalized spacial score (nSPS) is 14.2. The van der Waals surface area contributed by atoms with Gasteiger partial charge in [-0.05, 0) is 61.6 Å². The first-order valence-electron chi connectivity index (χ1n) is 10.4. The average Bonchev–Trinajstić information content (AvgIpc) is 2.78. The summed E-state index contributed by atoms with van der Waals surface area (Å²) in [6.45, 7) is 3.85. The van der Waals surface area contributed by atoms with E-state index in [1.807, 2.05) is 19.1 Å². The number of amides is 1. The lowest BCUT2D eigenvalue weighted by Crippen LogP contribution is -2.29. The molecule has 4 rings (SSSR count). The van der Waals surface area contributed by atoms with E-state index >= 15 is 0 Å². The molecule has 0 spiro atoms. The lowest BCUT2D eigenvalue weighted by Gasteiger charge is -2.28. The van der Waals surface area contributed by atoms with Crippen molar-refractivity contribution in [2.24, 2.45) is 5.10 Å². The highest BCUT2D eigenvalue weighted by Gasteiger charge is 2.10. The molecule has 1 aliphatic rings. The first-order chi connectivity index (χ1) is 15.1. The summed E-state index contributed by atoms with van der Waals surface area (Å²) >= 11 is 0. The fraction of sp³-hybridized carbons (Fsp3) is 0.292. The van der Waals surface area contributed by atoms with Crippen LogP contribution in [0.1, 0.15) is 30.4 Å². The number of fused-ring (bicyclic) bond motifs is 1. The van der Waals surface area contributed by atoms with Gasteiger partial charge in [-0.1, -0.05) is 12.1 Å². The number of hydrazone groups is 1. The number of benzene rings is 2. The third-order valence-electron chi connectivity index (χ3n) is 5.31. The quantitative estimate of drug-likeness (QED) is 0.375. The van der Waals surface area contributed by atoms with Crippen molar-refractivity contribution in [3.63, 3.8) is 0 Å². The summed E-state index contributed by atoms with van der Waals surface area (Å²) in [4.78, 5) is 25.9. The largest absolute Gasteiger partial charge is 0.484 e. The molecule has 1 N–H and O–H groups in total. The van der Waals surface area contributed by atoms with Crippen molar-refractivity contribution in [3.05, 3.63) is 70.1 Å². The number of hydrogen-bond acceptors (Lipinski definition) is 6. The van der Waals surface area contributed by atoms with Crippen LogP contribution in [-0.4, -0.2) is 31.8 Å². The third kappa shape index (κ3) is 5.31. The van der Waals surface area contributed by atoms with E-state index in [9.17, 15) is 9.59 Å². The van der Waals surface area contributed by atoms with E-state index in [1.165, 1.54) is 31.0 Å². The summed E-state index contributed by atoms with van der Waals surface area (Å²) in [5, 5.41) is 4.82. The van der Waals surface area contributed by atoms with E-state index in [4.69, 9.17) is 9.15 Å². The van der Waals surface area contributed by atoms with Crippen LogP contribution in [0.25, 0.3) is 11.0 Å². The van der Waals surface area contributed by atoms with E-state index in [0.717, 1.165) is 29.6 Å². The maximum atomic E-state index is 12.0. The molecule has 0 unspecified atom stereocenters. The molecule has 1 amide bonds. The van der Waals surface area contributed by atoms with Crippen molar-refractivity contribution in [1.29, 1.82) is 0 Å². The van der Waals surface area contributed by atoms with Crippen LogP contribution in [0, 0.1) is 6.92 Å². The minimum atomic E-state index is -0.418. The van der Waals surface area contributed by atoms with Gasteiger partial charge in [0.05, 0.1) is 6.21 Å². The predicted molar refractivity (Wildman–Crippen MR) is 121 cm³/mol. The van der Waals surface area contributed by atoms with Crippen LogP contribution in [0.4, 0.5) is 5.69 Å². The van der Waals surface area contributed by atoms with Crippen molar-refractivity contribution in [2.75, 3.05) is 24.6 Å². The van der Waals surface area contributed by atoms with Crippen LogP contribution in [0.5, 0.6) is 5.75 Å². The van der Waals surface area contributed by atoms with Crippen LogP contribution in [0.15, 0.2) is 62.8 Å². The van der Waals surface area contributed by atoms with Crippen LogP contribution in [-0.2, 0) is 4.79 Å². The van der Waals surface area contributed by atoms with Gasteiger partial charge in [0.25, 0.3) is 5.91 Å². The van der Waals surface area contributed by atoms with Crippen molar-refractivity contribution in [3.8, 4) is 5.75 Å². The number of nitrogens with one attached hydrogen (secondary N) is 1. The number of ether oxygens (including phenoxy) is 1. The second-order valence-corrected chi connectivity index (χ2v) is 7.63. The minimum Gasteiger partial charge on any atom is -0.484 e. The Morgan fingerprint density at radius 3 is 2.68 bits per heavy atom. The molecule has 1 aliphatic heterocycles. The first-order valence-corrected chi connectivity index (χ1v) is 10.4. The molecular weight excluding hydrogens is 394 g/mol. The number of piperidine rings is 1. The summed E-state index contributed by atoms with van der Waals surface area (Å²) in [5.41, 5.74) is 5.41. The molecule has 2 heterocycles. The summed E-state index contributed by atoms with van der Waals surface area (Å²) in [5.74, 6) is 0.0562. The number of nitrogens with zero attached hydrogens (tertiary/aromatic N) is 2. The zero-order valence-corrected chi connectivity index (χ0v) is 17.5. The van der Waals surface area contributed by atoms with Crippen molar-refractivity contribution >= 4 is 28.8 Å². The van der Waals surface area contributed by atoms with Crippen LogP contribution in [0.3, 0.4) is 0 Å².